The summed E-state index contributed by atoms with van der Waals surface area (Å²) < 4.78 is 44.3. The van der Waals surface area contributed by atoms with Gasteiger partial charge in [0, 0.05) is 5.69 Å². The van der Waals surface area contributed by atoms with E-state index in [1.807, 2.05) is 0 Å². The number of nitrogens with one attached hydrogen (secondary N) is 1. The molecule has 1 N–H and O–H groups in total. The maximum Gasteiger partial charge on any atom is 0.277 e. The molecule has 2 aromatic heterocycles. The number of amides is 1. The van der Waals surface area contributed by atoms with E-state index in [1.54, 1.807) is 30.5 Å². The molecule has 4 rings (SSSR count). The molecule has 172 valence electrons. The lowest BCUT2D eigenvalue weighted by Crippen LogP contribution is -2.17. The Labute approximate surface area is 193 Å². The fourth-order valence-corrected chi connectivity index (χ4v) is 6.03. The van der Waals surface area contributed by atoms with Gasteiger partial charge >= 0.3 is 0 Å². The number of halogens is 1. The summed E-state index contributed by atoms with van der Waals surface area (Å²) in [4.78, 5) is 12.7. The van der Waals surface area contributed by atoms with E-state index in [2.05, 4.69) is 21.6 Å². The Morgan fingerprint density at radius 2 is 2.18 bits per heavy atom. The molecule has 9 nitrogen and oxygen atoms in total. The lowest BCUT2D eigenvalue weighted by atomic mass is 10.1. The van der Waals surface area contributed by atoms with Gasteiger partial charge in [-0.1, -0.05) is 17.8 Å². The molecular weight excluding hydrogens is 469 g/mol. The van der Waals surface area contributed by atoms with Crippen molar-refractivity contribution in [2.45, 2.75) is 31.4 Å². The van der Waals surface area contributed by atoms with E-state index in [1.165, 1.54) is 12.1 Å². The first-order valence-corrected chi connectivity index (χ1v) is 12.8. The largest absolute Gasteiger partial charge is 0.416 e. The smallest absolute Gasteiger partial charge is 0.277 e. The van der Waals surface area contributed by atoms with Crippen molar-refractivity contribution in [2.24, 2.45) is 0 Å². The highest BCUT2D eigenvalue weighted by molar-refractivity contribution is 7.99. The summed E-state index contributed by atoms with van der Waals surface area (Å²) >= 11 is 1.00. The van der Waals surface area contributed by atoms with Crippen molar-refractivity contribution in [1.29, 1.82) is 5.26 Å². The second-order valence-electron chi connectivity index (χ2n) is 7.70. The molecule has 0 radical (unpaired) electrons. The molecule has 0 bridgehead atoms. The van der Waals surface area contributed by atoms with Gasteiger partial charge in [-0.3, -0.25) is 9.36 Å². The fraction of sp³-hybridized carbons (Fsp3) is 0.333. The molecule has 1 fully saturated rings. The van der Waals surface area contributed by atoms with Gasteiger partial charge in [0.25, 0.3) is 5.22 Å². The van der Waals surface area contributed by atoms with Gasteiger partial charge < -0.3 is 9.73 Å². The Hall–Kier alpha value is -3.17. The lowest BCUT2D eigenvalue weighted by Gasteiger charge is -2.13. The molecule has 0 saturated carbocycles. The average Bonchev–Trinajstić information content (AvgIpc) is 3.44. The molecule has 1 aliphatic rings. The molecule has 0 spiro atoms. The van der Waals surface area contributed by atoms with E-state index in [-0.39, 0.29) is 45.7 Å². The van der Waals surface area contributed by atoms with Gasteiger partial charge in [-0.05, 0) is 44.0 Å². The molecule has 3 aromatic rings. The monoisotopic (exact) mass is 489 g/mol. The molecule has 33 heavy (non-hydrogen) atoms. The summed E-state index contributed by atoms with van der Waals surface area (Å²) in [6.07, 6.45) is 0.432. The minimum absolute atomic E-state index is 0.0213. The summed E-state index contributed by atoms with van der Waals surface area (Å²) in [5.74, 6) is -0.696. The normalized spacial score (nSPS) is 17.1. The van der Waals surface area contributed by atoms with Crippen molar-refractivity contribution in [3.05, 3.63) is 52.8 Å². The maximum atomic E-state index is 13.8. The number of benzene rings is 1. The van der Waals surface area contributed by atoms with Crippen molar-refractivity contribution < 1.29 is 22.0 Å². The second-order valence-corrected chi connectivity index (χ2v) is 10.9. The zero-order valence-corrected chi connectivity index (χ0v) is 19.5. The first kappa shape index (κ1) is 23.0. The molecule has 1 aromatic carbocycles. The van der Waals surface area contributed by atoms with E-state index in [0.29, 0.717) is 23.4 Å². The summed E-state index contributed by atoms with van der Waals surface area (Å²) in [6.45, 7) is 3.55. The number of anilines is 1. The summed E-state index contributed by atoms with van der Waals surface area (Å²) in [6, 6.07) is 7.97. The summed E-state index contributed by atoms with van der Waals surface area (Å²) in [7, 11) is -3.08. The van der Waals surface area contributed by atoms with Gasteiger partial charge in [0.1, 0.15) is 17.7 Å². The molecule has 1 atom stereocenters. The number of carbonyl (C=O) groups is 1. The maximum absolute atomic E-state index is 13.8. The highest BCUT2D eigenvalue weighted by Gasteiger charge is 2.33. The highest BCUT2D eigenvalue weighted by Crippen LogP contribution is 2.32. The lowest BCUT2D eigenvalue weighted by molar-refractivity contribution is -0.113. The number of sulfone groups is 1. The SMILES string of the molecule is Cc1c(C#N)c(NC(=O)CSc2nnc([C@@H]3CCS(=O)(=O)C3)o2)n(-c2cccc(F)c2)c1C. The van der Waals surface area contributed by atoms with Crippen LogP contribution in [0.5, 0.6) is 0 Å². The molecule has 1 amide bonds. The van der Waals surface area contributed by atoms with Gasteiger partial charge in [-0.2, -0.15) is 5.26 Å². The van der Waals surface area contributed by atoms with Crippen LogP contribution in [0.3, 0.4) is 0 Å². The molecular formula is C21H20FN5O4S2. The topological polar surface area (TPSA) is 131 Å². The Bertz CT molecular complexity index is 1370. The van der Waals surface area contributed by atoms with Crippen molar-refractivity contribution in [2.75, 3.05) is 22.6 Å². The van der Waals surface area contributed by atoms with Crippen LogP contribution in [-0.4, -0.2) is 46.3 Å². The van der Waals surface area contributed by atoms with Gasteiger partial charge in [0.2, 0.25) is 11.8 Å². The van der Waals surface area contributed by atoms with Gasteiger partial charge in [0.15, 0.2) is 9.84 Å². The number of aromatic nitrogens is 3. The van der Waals surface area contributed by atoms with E-state index < -0.39 is 21.6 Å². The van der Waals surface area contributed by atoms with Crippen molar-refractivity contribution in [3.8, 4) is 11.8 Å². The van der Waals surface area contributed by atoms with Crippen molar-refractivity contribution in [1.82, 2.24) is 14.8 Å². The number of thioether (sulfide) groups is 1. The zero-order valence-electron chi connectivity index (χ0n) is 17.8. The Morgan fingerprint density at radius 1 is 1.39 bits per heavy atom. The second kappa shape index (κ2) is 8.99. The standard InChI is InChI=1S/C21H20FN5O4S2/c1-12-13(2)27(16-5-3-4-15(22)8-16)19(17(12)9-23)24-18(28)10-32-21-26-25-20(31-21)14-6-7-33(29,30)11-14/h3-5,8,14H,6-7,10-11H2,1-2H3,(H,24,28)/t14-/m1/s1. The number of nitriles is 1. The van der Waals surface area contributed by atoms with Crippen LogP contribution < -0.4 is 5.32 Å². The number of carbonyl (C=O) groups excluding carboxylic acids is 1. The number of hydrogen-bond donors (Lipinski definition) is 1. The van der Waals surface area contributed by atoms with Crippen LogP contribution in [0.15, 0.2) is 33.9 Å². The van der Waals surface area contributed by atoms with E-state index in [4.69, 9.17) is 4.42 Å². The third-order valence-corrected chi connectivity index (χ3v) is 8.07. The predicted molar refractivity (Wildman–Crippen MR) is 120 cm³/mol. The molecule has 3 heterocycles. The molecule has 0 unspecified atom stereocenters. The third kappa shape index (κ3) is 4.79. The van der Waals surface area contributed by atoms with Crippen LogP contribution in [0.1, 0.15) is 35.1 Å². The number of rotatable bonds is 6. The average molecular weight is 490 g/mol. The van der Waals surface area contributed by atoms with Crippen molar-refractivity contribution in [3.63, 3.8) is 0 Å². The first-order chi connectivity index (χ1) is 15.7. The minimum atomic E-state index is -3.08. The van der Waals surface area contributed by atoms with Crippen LogP contribution in [0.4, 0.5) is 10.2 Å². The Morgan fingerprint density at radius 3 is 2.85 bits per heavy atom. The quantitative estimate of drug-likeness (QED) is 0.523. The summed E-state index contributed by atoms with van der Waals surface area (Å²) in [5, 5.41) is 20.3. The van der Waals surface area contributed by atoms with Crippen LogP contribution in [0, 0.1) is 31.0 Å². The van der Waals surface area contributed by atoms with Crippen LogP contribution in [-0.2, 0) is 14.6 Å². The van der Waals surface area contributed by atoms with E-state index >= 15 is 0 Å². The Balaban J connectivity index is 1.49. The van der Waals surface area contributed by atoms with Gasteiger partial charge in [-0.25, -0.2) is 12.8 Å². The van der Waals surface area contributed by atoms with E-state index in [0.717, 1.165) is 11.8 Å². The Kier molecular flexibility index (Phi) is 6.27. The van der Waals surface area contributed by atoms with Crippen molar-refractivity contribution >= 4 is 33.3 Å². The highest BCUT2D eigenvalue weighted by atomic mass is 32.2. The molecule has 1 aliphatic heterocycles. The molecule has 0 aliphatic carbocycles. The van der Waals surface area contributed by atoms with Gasteiger partial charge in [-0.15, -0.1) is 10.2 Å². The fourth-order valence-electron chi connectivity index (χ4n) is 3.73. The third-order valence-electron chi connectivity index (χ3n) is 5.48. The number of nitrogens with zero attached hydrogens (tertiary/aromatic N) is 4. The van der Waals surface area contributed by atoms with Crippen LogP contribution in [0.25, 0.3) is 5.69 Å². The number of hydrogen-bond acceptors (Lipinski definition) is 8. The summed E-state index contributed by atoms with van der Waals surface area (Å²) in [5.41, 5.74) is 2.15. The van der Waals surface area contributed by atoms with Crippen LogP contribution in [0.2, 0.25) is 0 Å². The van der Waals surface area contributed by atoms with Crippen LogP contribution >= 0.6 is 11.8 Å². The zero-order chi connectivity index (χ0) is 23.8. The first-order valence-electron chi connectivity index (χ1n) is 10.0. The predicted octanol–water partition coefficient (Wildman–Crippen LogP) is 3.12. The molecule has 1 saturated heterocycles. The minimum Gasteiger partial charge on any atom is -0.416 e. The van der Waals surface area contributed by atoms with E-state index in [9.17, 15) is 22.9 Å². The van der Waals surface area contributed by atoms with Gasteiger partial charge in [0.05, 0.1) is 34.4 Å². The molecule has 12 heteroatoms.